The third-order valence-corrected chi connectivity index (χ3v) is 7.68. The molecule has 0 saturated heterocycles. The fourth-order valence-electron chi connectivity index (χ4n) is 5.87. The van der Waals surface area contributed by atoms with Gasteiger partial charge < -0.3 is 9.96 Å². The maximum absolute atomic E-state index is 2.42. The smallest absolute Gasteiger partial charge is 0.0890 e. The van der Waals surface area contributed by atoms with Gasteiger partial charge in [-0.15, -0.1) is 0 Å². The second kappa shape index (κ2) is 20.8. The lowest BCUT2D eigenvalue weighted by atomic mass is 9.91. The maximum Gasteiger partial charge on any atom is 0.0890 e. The van der Waals surface area contributed by atoms with Crippen molar-refractivity contribution in [3.8, 4) is 0 Å². The molecule has 0 spiro atoms. The summed E-state index contributed by atoms with van der Waals surface area (Å²) in [5.41, 5.74) is 0. The summed E-state index contributed by atoms with van der Waals surface area (Å²) < 4.78 is 1.49. The van der Waals surface area contributed by atoms with Crippen LogP contribution in [-0.4, -0.2) is 35.6 Å². The Hall–Kier alpha value is -0.0800. The van der Waals surface area contributed by atoms with Crippen LogP contribution < -0.4 is 0 Å². The van der Waals surface area contributed by atoms with Crippen molar-refractivity contribution in [2.45, 2.75) is 162 Å². The number of rotatable bonds is 20. The molecule has 1 saturated carbocycles. The first-order valence-corrected chi connectivity index (χ1v) is 14.1. The molecule has 2 heteroatoms. The van der Waals surface area contributed by atoms with Crippen molar-refractivity contribution in [2.75, 3.05) is 19.6 Å². The third-order valence-electron chi connectivity index (χ3n) is 7.68. The van der Waals surface area contributed by atoms with Crippen LogP contribution in [0.1, 0.15) is 156 Å². The van der Waals surface area contributed by atoms with E-state index in [4.69, 9.17) is 0 Å². The molecule has 0 aliphatic heterocycles. The van der Waals surface area contributed by atoms with Gasteiger partial charge in [-0.05, 0) is 51.4 Å². The molecule has 0 radical (unpaired) electrons. The average molecular weight is 426 g/mol. The van der Waals surface area contributed by atoms with Crippen LogP contribution in [0.4, 0.5) is 0 Å². The van der Waals surface area contributed by atoms with Gasteiger partial charge in [-0.1, -0.05) is 104 Å². The minimum atomic E-state index is 0. The molecule has 30 heavy (non-hydrogen) atoms. The molecule has 1 aliphatic rings. The van der Waals surface area contributed by atoms with Crippen molar-refractivity contribution < 1.29 is 9.96 Å². The normalized spacial score (nSPS) is 16.9. The van der Waals surface area contributed by atoms with E-state index in [9.17, 15) is 0 Å². The summed E-state index contributed by atoms with van der Waals surface area (Å²) in [4.78, 5) is 0. The van der Waals surface area contributed by atoms with E-state index in [1.165, 1.54) is 159 Å². The van der Waals surface area contributed by atoms with Crippen LogP contribution in [0.15, 0.2) is 0 Å². The summed E-state index contributed by atoms with van der Waals surface area (Å²) >= 11 is 0. The van der Waals surface area contributed by atoms with Crippen molar-refractivity contribution in [3.05, 3.63) is 0 Å². The maximum atomic E-state index is 2.42. The van der Waals surface area contributed by atoms with E-state index in [1.807, 2.05) is 0 Å². The lowest BCUT2D eigenvalue weighted by molar-refractivity contribution is -0.953. The number of hydrogen-bond acceptors (Lipinski definition) is 1. The summed E-state index contributed by atoms with van der Waals surface area (Å²) in [6, 6.07) is 0.993. The second-order valence-corrected chi connectivity index (χ2v) is 10.3. The standard InChI is InChI=1S/C28H58N.H2O/c1-4-7-9-10-11-12-13-14-15-16-17-18-22-27-29(25-6-3,26-8-5-2)28-23-20-19-21-24-28;/h28H,4-27H2,1-3H3;1H2/q+1;/p-1. The molecule has 2 nitrogen and oxygen atoms in total. The first-order chi connectivity index (χ1) is 14.3. The molecule has 0 aromatic heterocycles. The minimum absolute atomic E-state index is 0. The van der Waals surface area contributed by atoms with Crippen LogP contribution in [0, 0.1) is 0 Å². The minimum Gasteiger partial charge on any atom is -0.870 e. The van der Waals surface area contributed by atoms with Crippen molar-refractivity contribution in [1.82, 2.24) is 0 Å². The summed E-state index contributed by atoms with van der Waals surface area (Å²) in [6.07, 6.45) is 30.8. The Balaban J connectivity index is 0.00000841. The molecule has 0 heterocycles. The number of quaternary nitrogens is 1. The van der Waals surface area contributed by atoms with E-state index in [2.05, 4.69) is 20.8 Å². The Kier molecular flexibility index (Phi) is 20.7. The molecular formula is C28H59NO. The summed E-state index contributed by atoms with van der Waals surface area (Å²) in [7, 11) is 0. The number of unbranched alkanes of at least 4 members (excludes halogenated alkanes) is 13. The van der Waals surface area contributed by atoms with Gasteiger partial charge in [0, 0.05) is 0 Å². The highest BCUT2D eigenvalue weighted by Crippen LogP contribution is 2.30. The fraction of sp³-hybridized carbons (Fsp3) is 1.00. The monoisotopic (exact) mass is 425 g/mol. The molecule has 0 aromatic carbocycles. The fourth-order valence-corrected chi connectivity index (χ4v) is 5.87. The first kappa shape index (κ1) is 29.9. The van der Waals surface area contributed by atoms with Gasteiger partial charge in [0.25, 0.3) is 0 Å². The zero-order chi connectivity index (χ0) is 21.0. The van der Waals surface area contributed by atoms with Crippen LogP contribution in [-0.2, 0) is 0 Å². The van der Waals surface area contributed by atoms with Crippen molar-refractivity contribution in [3.63, 3.8) is 0 Å². The van der Waals surface area contributed by atoms with Gasteiger partial charge >= 0.3 is 0 Å². The zero-order valence-electron chi connectivity index (χ0n) is 21.4. The lowest BCUT2D eigenvalue weighted by Crippen LogP contribution is -2.57. The predicted octanol–water partition coefficient (Wildman–Crippen LogP) is 9.26. The molecule has 0 amide bonds. The molecule has 182 valence electrons. The van der Waals surface area contributed by atoms with E-state index in [1.54, 1.807) is 0 Å². The molecule has 1 aliphatic carbocycles. The average Bonchev–Trinajstić information content (AvgIpc) is 2.76. The first-order valence-electron chi connectivity index (χ1n) is 14.1. The van der Waals surface area contributed by atoms with Gasteiger partial charge in [-0.2, -0.15) is 0 Å². The quantitative estimate of drug-likeness (QED) is 0.141. The summed E-state index contributed by atoms with van der Waals surface area (Å²) in [5, 5.41) is 0. The summed E-state index contributed by atoms with van der Waals surface area (Å²) in [6.45, 7) is 11.5. The number of hydrogen-bond donors (Lipinski definition) is 0. The van der Waals surface area contributed by atoms with Gasteiger partial charge in [0.15, 0.2) is 0 Å². The van der Waals surface area contributed by atoms with E-state index >= 15 is 0 Å². The van der Waals surface area contributed by atoms with Crippen molar-refractivity contribution >= 4 is 0 Å². The Bertz CT molecular complexity index is 340. The Morgan fingerprint density at radius 3 is 1.37 bits per heavy atom. The SMILES string of the molecule is CCCCCCCCCCCCCCC[N+](CCC)(CCCC)C1CCCCC1.[OH-]. The Labute approximate surface area is 191 Å². The van der Waals surface area contributed by atoms with Gasteiger partial charge in [0.1, 0.15) is 0 Å². The Morgan fingerprint density at radius 2 is 0.900 bits per heavy atom. The van der Waals surface area contributed by atoms with Crippen molar-refractivity contribution in [2.24, 2.45) is 0 Å². The molecule has 0 bridgehead atoms. The van der Waals surface area contributed by atoms with Crippen LogP contribution in [0.25, 0.3) is 0 Å². The zero-order valence-corrected chi connectivity index (χ0v) is 21.4. The molecule has 1 fully saturated rings. The van der Waals surface area contributed by atoms with Crippen LogP contribution in [0.3, 0.4) is 0 Å². The highest BCUT2D eigenvalue weighted by atomic mass is 16.0. The van der Waals surface area contributed by atoms with Gasteiger partial charge in [0.05, 0.1) is 25.7 Å². The molecule has 1 rings (SSSR count). The van der Waals surface area contributed by atoms with Gasteiger partial charge in [-0.25, -0.2) is 0 Å². The third kappa shape index (κ3) is 13.4. The molecular weight excluding hydrogens is 366 g/mol. The number of nitrogens with zero attached hydrogens (tertiary/aromatic N) is 1. The van der Waals surface area contributed by atoms with Crippen LogP contribution in [0.5, 0.6) is 0 Å². The molecule has 1 N–H and O–H groups in total. The van der Waals surface area contributed by atoms with Crippen molar-refractivity contribution in [1.29, 1.82) is 0 Å². The molecule has 1 unspecified atom stereocenters. The molecule has 0 aromatic rings. The largest absolute Gasteiger partial charge is 0.870 e. The van der Waals surface area contributed by atoms with E-state index in [0.717, 1.165) is 6.04 Å². The van der Waals surface area contributed by atoms with E-state index in [-0.39, 0.29) is 5.48 Å². The Morgan fingerprint density at radius 1 is 0.467 bits per heavy atom. The lowest BCUT2D eigenvalue weighted by Gasteiger charge is -2.47. The summed E-state index contributed by atoms with van der Waals surface area (Å²) in [5.74, 6) is 0. The topological polar surface area (TPSA) is 30.0 Å². The van der Waals surface area contributed by atoms with Crippen LogP contribution in [0.2, 0.25) is 0 Å². The second-order valence-electron chi connectivity index (χ2n) is 10.3. The highest BCUT2D eigenvalue weighted by molar-refractivity contribution is 4.68. The predicted molar refractivity (Wildman–Crippen MR) is 135 cm³/mol. The van der Waals surface area contributed by atoms with Crippen LogP contribution >= 0.6 is 0 Å². The van der Waals surface area contributed by atoms with Gasteiger partial charge in [-0.3, -0.25) is 0 Å². The highest BCUT2D eigenvalue weighted by Gasteiger charge is 2.35. The molecule has 1 atom stereocenters. The van der Waals surface area contributed by atoms with E-state index < -0.39 is 0 Å². The van der Waals surface area contributed by atoms with Gasteiger partial charge in [0.2, 0.25) is 0 Å². The van der Waals surface area contributed by atoms with E-state index in [0.29, 0.717) is 0 Å².